The molecule has 4 rings (SSSR count). The molecule has 1 atom stereocenters. The molecular formula is C27H31FN2O2. The molecule has 32 heavy (non-hydrogen) atoms. The van der Waals surface area contributed by atoms with Crippen molar-refractivity contribution in [1.29, 1.82) is 0 Å². The smallest absolute Gasteiger partial charge is 0.257 e. The lowest BCUT2D eigenvalue weighted by molar-refractivity contribution is 0.0595. The van der Waals surface area contributed by atoms with Gasteiger partial charge in [0.15, 0.2) is 0 Å². The van der Waals surface area contributed by atoms with Crippen molar-refractivity contribution in [2.45, 2.75) is 39.2 Å². The summed E-state index contributed by atoms with van der Waals surface area (Å²) in [6.07, 6.45) is 0. The Hall–Kier alpha value is -2.92. The van der Waals surface area contributed by atoms with Crippen LogP contribution in [0, 0.1) is 12.7 Å². The molecule has 1 aliphatic heterocycles. The van der Waals surface area contributed by atoms with Gasteiger partial charge in [0, 0.05) is 31.6 Å². The van der Waals surface area contributed by atoms with Gasteiger partial charge < -0.3 is 9.32 Å². The zero-order chi connectivity index (χ0) is 22.9. The molecule has 1 aromatic heterocycles. The summed E-state index contributed by atoms with van der Waals surface area (Å²) in [5, 5.41) is 0. The van der Waals surface area contributed by atoms with Gasteiger partial charge in [-0.15, -0.1) is 0 Å². The molecule has 4 nitrogen and oxygen atoms in total. The fraction of sp³-hybridized carbons (Fsp3) is 0.370. The summed E-state index contributed by atoms with van der Waals surface area (Å²) in [6, 6.07) is 18.9. The van der Waals surface area contributed by atoms with Gasteiger partial charge in [0.05, 0.1) is 11.6 Å². The molecule has 0 radical (unpaired) electrons. The number of hydrogen-bond donors (Lipinski definition) is 0. The van der Waals surface area contributed by atoms with E-state index in [1.807, 2.05) is 48.2 Å². The van der Waals surface area contributed by atoms with Crippen molar-refractivity contribution in [2.75, 3.05) is 26.2 Å². The topological polar surface area (TPSA) is 36.7 Å². The predicted molar refractivity (Wildman–Crippen MR) is 124 cm³/mol. The second-order valence-electron chi connectivity index (χ2n) is 9.52. The Balaban J connectivity index is 1.52. The molecule has 3 aromatic rings. The van der Waals surface area contributed by atoms with Gasteiger partial charge in [0.1, 0.15) is 17.3 Å². The van der Waals surface area contributed by atoms with Crippen LogP contribution in [0.15, 0.2) is 65.1 Å². The molecule has 1 amide bonds. The number of carbonyl (C=O) groups is 1. The van der Waals surface area contributed by atoms with Crippen molar-refractivity contribution in [3.05, 3.63) is 94.7 Å². The number of amides is 1. The lowest BCUT2D eigenvalue weighted by Crippen LogP contribution is -2.49. The maximum atomic E-state index is 13.5. The maximum absolute atomic E-state index is 13.5. The van der Waals surface area contributed by atoms with E-state index in [1.165, 1.54) is 17.7 Å². The van der Waals surface area contributed by atoms with Crippen LogP contribution in [0.1, 0.15) is 59.8 Å². The largest absolute Gasteiger partial charge is 0.465 e. The van der Waals surface area contributed by atoms with E-state index < -0.39 is 0 Å². The first-order valence-electron chi connectivity index (χ1n) is 11.2. The van der Waals surface area contributed by atoms with Gasteiger partial charge in [-0.1, -0.05) is 63.2 Å². The van der Waals surface area contributed by atoms with Crippen LogP contribution < -0.4 is 0 Å². The highest BCUT2D eigenvalue weighted by atomic mass is 19.1. The van der Waals surface area contributed by atoms with E-state index in [1.54, 1.807) is 0 Å². The molecular weight excluding hydrogens is 403 g/mol. The molecule has 0 N–H and O–H groups in total. The van der Waals surface area contributed by atoms with Crippen LogP contribution in [0.3, 0.4) is 0 Å². The zero-order valence-corrected chi connectivity index (χ0v) is 19.3. The van der Waals surface area contributed by atoms with Crippen LogP contribution in [0.2, 0.25) is 0 Å². The predicted octanol–water partition coefficient (Wildman–Crippen LogP) is 5.57. The van der Waals surface area contributed by atoms with Crippen LogP contribution in [0.25, 0.3) is 0 Å². The van der Waals surface area contributed by atoms with Gasteiger partial charge in [-0.05, 0) is 36.2 Å². The highest BCUT2D eigenvalue weighted by molar-refractivity contribution is 5.95. The van der Waals surface area contributed by atoms with Crippen molar-refractivity contribution in [1.82, 2.24) is 9.80 Å². The minimum Gasteiger partial charge on any atom is -0.465 e. The van der Waals surface area contributed by atoms with Crippen LogP contribution >= 0.6 is 0 Å². The third-order valence-corrected chi connectivity index (χ3v) is 6.16. The fourth-order valence-corrected chi connectivity index (χ4v) is 4.31. The molecule has 0 spiro atoms. The molecule has 2 aromatic carbocycles. The van der Waals surface area contributed by atoms with Crippen LogP contribution in [-0.2, 0) is 5.41 Å². The number of rotatable bonds is 4. The van der Waals surface area contributed by atoms with Crippen LogP contribution in [0.4, 0.5) is 4.39 Å². The van der Waals surface area contributed by atoms with E-state index in [9.17, 15) is 9.18 Å². The van der Waals surface area contributed by atoms with Crippen LogP contribution in [-0.4, -0.2) is 41.9 Å². The quantitative estimate of drug-likeness (QED) is 0.538. The summed E-state index contributed by atoms with van der Waals surface area (Å²) in [5.41, 5.74) is 2.74. The molecule has 0 saturated carbocycles. The molecule has 2 heterocycles. The number of carbonyl (C=O) groups excluding carboxylic acids is 1. The molecule has 0 unspecified atom stereocenters. The number of benzene rings is 2. The average molecular weight is 435 g/mol. The third-order valence-electron chi connectivity index (χ3n) is 6.16. The summed E-state index contributed by atoms with van der Waals surface area (Å²) >= 11 is 0. The average Bonchev–Trinajstić information content (AvgIpc) is 3.18. The van der Waals surface area contributed by atoms with Crippen molar-refractivity contribution < 1.29 is 13.6 Å². The fourth-order valence-electron chi connectivity index (χ4n) is 4.31. The standard InChI is InChI=1S/C27H31FN2O2/c1-19-23(18-24(32-19)27(2,3)4)26(31)30-16-14-29(15-17-30)25(20-8-6-5-7-9-20)21-10-12-22(28)13-11-21/h5-13,18,25H,14-17H2,1-4H3/t25-/m1/s1. The first kappa shape index (κ1) is 22.3. The van der Waals surface area contributed by atoms with Crippen LogP contribution in [0.5, 0.6) is 0 Å². The van der Waals surface area contributed by atoms with Crippen molar-refractivity contribution in [3.8, 4) is 0 Å². The molecule has 0 bridgehead atoms. The number of halogens is 1. The summed E-state index contributed by atoms with van der Waals surface area (Å²) < 4.78 is 19.4. The summed E-state index contributed by atoms with van der Waals surface area (Å²) in [5.74, 6) is 1.30. The van der Waals surface area contributed by atoms with E-state index in [0.29, 0.717) is 24.4 Å². The van der Waals surface area contributed by atoms with Gasteiger partial charge >= 0.3 is 0 Å². The highest BCUT2D eigenvalue weighted by Crippen LogP contribution is 2.31. The Morgan fingerprint density at radius 1 is 0.938 bits per heavy atom. The van der Waals surface area contributed by atoms with E-state index in [2.05, 4.69) is 37.8 Å². The maximum Gasteiger partial charge on any atom is 0.257 e. The lowest BCUT2D eigenvalue weighted by Gasteiger charge is -2.39. The molecule has 1 fully saturated rings. The first-order valence-corrected chi connectivity index (χ1v) is 11.2. The Kier molecular flexibility index (Phi) is 6.20. The highest BCUT2D eigenvalue weighted by Gasteiger charge is 2.31. The molecule has 0 aliphatic carbocycles. The normalized spacial score (nSPS) is 16.2. The summed E-state index contributed by atoms with van der Waals surface area (Å²) in [7, 11) is 0. The molecule has 168 valence electrons. The van der Waals surface area contributed by atoms with Crippen molar-refractivity contribution >= 4 is 5.91 Å². The Bertz CT molecular complexity index is 1060. The molecule has 1 saturated heterocycles. The first-order chi connectivity index (χ1) is 15.2. The van der Waals surface area contributed by atoms with E-state index in [0.717, 1.165) is 24.4 Å². The van der Waals surface area contributed by atoms with Gasteiger partial charge in [0.2, 0.25) is 0 Å². The van der Waals surface area contributed by atoms with Crippen molar-refractivity contribution in [2.24, 2.45) is 0 Å². The summed E-state index contributed by atoms with van der Waals surface area (Å²) in [4.78, 5) is 17.5. The Morgan fingerprint density at radius 3 is 2.09 bits per heavy atom. The number of hydrogen-bond acceptors (Lipinski definition) is 3. The number of furan rings is 1. The SMILES string of the molecule is Cc1oc(C(C)(C)C)cc1C(=O)N1CCN([C@H](c2ccccc2)c2ccc(F)cc2)CC1. The molecule has 1 aliphatic rings. The van der Waals surface area contributed by atoms with Crippen molar-refractivity contribution in [3.63, 3.8) is 0 Å². The van der Waals surface area contributed by atoms with E-state index in [-0.39, 0.29) is 23.2 Å². The number of aryl methyl sites for hydroxylation is 1. The second kappa shape index (κ2) is 8.91. The molecule has 5 heteroatoms. The van der Waals surface area contributed by atoms with E-state index in [4.69, 9.17) is 4.42 Å². The van der Waals surface area contributed by atoms with Gasteiger partial charge in [-0.3, -0.25) is 9.69 Å². The second-order valence-corrected chi connectivity index (χ2v) is 9.52. The number of nitrogens with zero attached hydrogens (tertiary/aromatic N) is 2. The lowest BCUT2D eigenvalue weighted by atomic mass is 9.93. The van der Waals surface area contributed by atoms with E-state index >= 15 is 0 Å². The van der Waals surface area contributed by atoms with Gasteiger partial charge in [-0.25, -0.2) is 4.39 Å². The monoisotopic (exact) mass is 434 g/mol. The van der Waals surface area contributed by atoms with Gasteiger partial charge in [0.25, 0.3) is 5.91 Å². The summed E-state index contributed by atoms with van der Waals surface area (Å²) in [6.45, 7) is 10.9. The zero-order valence-electron chi connectivity index (χ0n) is 19.3. The Morgan fingerprint density at radius 2 is 1.53 bits per heavy atom. The minimum atomic E-state index is -0.235. The van der Waals surface area contributed by atoms with Gasteiger partial charge in [-0.2, -0.15) is 0 Å². The Labute approximate surface area is 189 Å². The number of piperazine rings is 1. The minimum absolute atomic E-state index is 0.0252. The third kappa shape index (κ3) is 4.63.